The molecule has 0 bridgehead atoms. The van der Waals surface area contributed by atoms with Crippen LogP contribution in [0.1, 0.15) is 0 Å². The number of H-pyrrole nitrogens is 1. The molecule has 0 atom stereocenters. The smallest absolute Gasteiger partial charge is 0.194 e. The Balaban J connectivity index is 2.52. The van der Waals surface area contributed by atoms with E-state index < -0.39 is 5.82 Å². The first-order valence-corrected chi connectivity index (χ1v) is 3.68. The Kier molecular flexibility index (Phi) is 1.54. The average Bonchev–Trinajstić information content (AvgIpc) is 2.62. The van der Waals surface area contributed by atoms with E-state index in [2.05, 4.69) is 15.3 Å². The summed E-state index contributed by atoms with van der Waals surface area (Å²) < 4.78 is 14.8. The maximum atomic E-state index is 13.2. The standard InChI is InChI=1S/C7H8FN5/c1-13-3-2-4(12-13)6-5(8)7(9)11-10-6/h2-3H,1H3,(H3,9,10,11). The van der Waals surface area contributed by atoms with Gasteiger partial charge in [0.1, 0.15) is 11.4 Å². The van der Waals surface area contributed by atoms with Gasteiger partial charge in [-0.3, -0.25) is 9.78 Å². The highest BCUT2D eigenvalue weighted by Gasteiger charge is 2.13. The number of hydrogen-bond acceptors (Lipinski definition) is 3. The predicted molar refractivity (Wildman–Crippen MR) is 45.2 cm³/mol. The van der Waals surface area contributed by atoms with E-state index in [0.29, 0.717) is 5.69 Å². The molecule has 0 amide bonds. The molecule has 68 valence electrons. The second-order valence-electron chi connectivity index (χ2n) is 2.67. The summed E-state index contributed by atoms with van der Waals surface area (Å²) in [6.45, 7) is 0. The van der Waals surface area contributed by atoms with Gasteiger partial charge in [-0.2, -0.15) is 10.2 Å². The van der Waals surface area contributed by atoms with E-state index in [4.69, 9.17) is 5.73 Å². The number of aromatic nitrogens is 4. The Morgan fingerprint density at radius 2 is 2.38 bits per heavy atom. The third-order valence-corrected chi connectivity index (χ3v) is 1.70. The molecule has 0 saturated heterocycles. The van der Waals surface area contributed by atoms with E-state index >= 15 is 0 Å². The van der Waals surface area contributed by atoms with Crippen molar-refractivity contribution in [3.8, 4) is 11.4 Å². The first kappa shape index (κ1) is 7.78. The number of halogens is 1. The molecule has 0 aliphatic heterocycles. The molecule has 0 fully saturated rings. The van der Waals surface area contributed by atoms with Crippen molar-refractivity contribution in [1.82, 2.24) is 20.0 Å². The molecule has 0 aliphatic rings. The van der Waals surface area contributed by atoms with Gasteiger partial charge in [0.25, 0.3) is 0 Å². The fraction of sp³-hybridized carbons (Fsp3) is 0.143. The summed E-state index contributed by atoms with van der Waals surface area (Å²) in [5.41, 5.74) is 5.94. The molecule has 0 aliphatic carbocycles. The van der Waals surface area contributed by atoms with Crippen LogP contribution in [0, 0.1) is 5.82 Å². The summed E-state index contributed by atoms with van der Waals surface area (Å²) in [7, 11) is 1.75. The van der Waals surface area contributed by atoms with Crippen LogP contribution in [0.2, 0.25) is 0 Å². The molecule has 2 aromatic rings. The molecule has 2 rings (SSSR count). The molecule has 0 spiro atoms. The van der Waals surface area contributed by atoms with Gasteiger partial charge in [0, 0.05) is 13.2 Å². The average molecular weight is 181 g/mol. The zero-order chi connectivity index (χ0) is 9.42. The van der Waals surface area contributed by atoms with Gasteiger partial charge < -0.3 is 5.73 Å². The normalized spacial score (nSPS) is 10.6. The second kappa shape index (κ2) is 2.58. The number of rotatable bonds is 1. The molecule has 6 heteroatoms. The highest BCUT2D eigenvalue weighted by atomic mass is 19.1. The van der Waals surface area contributed by atoms with E-state index in [1.165, 1.54) is 0 Å². The summed E-state index contributed by atoms with van der Waals surface area (Å²) in [6.07, 6.45) is 1.71. The lowest BCUT2D eigenvalue weighted by molar-refractivity contribution is 0.635. The number of hydrogen-bond donors (Lipinski definition) is 2. The summed E-state index contributed by atoms with van der Waals surface area (Å²) in [4.78, 5) is 0. The molecule has 0 radical (unpaired) electrons. The first-order valence-electron chi connectivity index (χ1n) is 3.68. The molecule has 0 unspecified atom stereocenters. The third kappa shape index (κ3) is 1.16. The minimum absolute atomic E-state index is 0.138. The van der Waals surface area contributed by atoms with Gasteiger partial charge in [0.2, 0.25) is 0 Å². The summed E-state index contributed by atoms with van der Waals surface area (Å²) in [6, 6.07) is 1.68. The van der Waals surface area contributed by atoms with Crippen LogP contribution in [0.3, 0.4) is 0 Å². The summed E-state index contributed by atoms with van der Waals surface area (Å²) in [5, 5.41) is 10.0. The third-order valence-electron chi connectivity index (χ3n) is 1.70. The molecule has 0 aromatic carbocycles. The molecular formula is C7H8FN5. The van der Waals surface area contributed by atoms with E-state index in [0.717, 1.165) is 0 Å². The van der Waals surface area contributed by atoms with Crippen molar-refractivity contribution in [2.24, 2.45) is 7.05 Å². The zero-order valence-electron chi connectivity index (χ0n) is 6.95. The maximum Gasteiger partial charge on any atom is 0.194 e. The van der Waals surface area contributed by atoms with Crippen LogP contribution >= 0.6 is 0 Å². The Morgan fingerprint density at radius 1 is 1.62 bits per heavy atom. The number of nitrogens with zero attached hydrogens (tertiary/aromatic N) is 3. The minimum atomic E-state index is -0.557. The van der Waals surface area contributed by atoms with Crippen molar-refractivity contribution in [1.29, 1.82) is 0 Å². The molecule has 2 heterocycles. The van der Waals surface area contributed by atoms with Crippen molar-refractivity contribution in [2.45, 2.75) is 0 Å². The second-order valence-corrected chi connectivity index (χ2v) is 2.67. The predicted octanol–water partition coefficient (Wildman–Crippen LogP) is 0.532. The number of nitrogens with one attached hydrogen (secondary N) is 1. The molecular weight excluding hydrogens is 173 g/mol. The highest BCUT2D eigenvalue weighted by molar-refractivity contribution is 5.58. The molecule has 2 aromatic heterocycles. The lowest BCUT2D eigenvalue weighted by Gasteiger charge is -1.89. The number of aromatic amines is 1. The molecule has 0 saturated carbocycles. The maximum absolute atomic E-state index is 13.2. The summed E-state index contributed by atoms with van der Waals surface area (Å²) in [5.74, 6) is -0.695. The van der Waals surface area contributed by atoms with Crippen LogP contribution < -0.4 is 5.73 Å². The molecule has 5 nitrogen and oxygen atoms in total. The quantitative estimate of drug-likeness (QED) is 0.674. The highest BCUT2D eigenvalue weighted by Crippen LogP contribution is 2.20. The van der Waals surface area contributed by atoms with E-state index in [1.807, 2.05) is 0 Å². The van der Waals surface area contributed by atoms with Crippen LogP contribution in [0.15, 0.2) is 12.3 Å². The van der Waals surface area contributed by atoms with Gasteiger partial charge in [-0.25, -0.2) is 4.39 Å². The van der Waals surface area contributed by atoms with Gasteiger partial charge in [-0.15, -0.1) is 0 Å². The Morgan fingerprint density at radius 3 is 2.85 bits per heavy atom. The van der Waals surface area contributed by atoms with Crippen LogP contribution in [0.4, 0.5) is 10.2 Å². The SMILES string of the molecule is Cn1ccc(-c2[nH]nc(N)c2F)n1. The van der Waals surface area contributed by atoms with Gasteiger partial charge in [0.15, 0.2) is 11.6 Å². The van der Waals surface area contributed by atoms with Crippen molar-refractivity contribution in [3.63, 3.8) is 0 Å². The Labute approximate surface area is 73.4 Å². The summed E-state index contributed by atoms with van der Waals surface area (Å²) >= 11 is 0. The van der Waals surface area contributed by atoms with E-state index in [1.54, 1.807) is 24.0 Å². The van der Waals surface area contributed by atoms with Crippen LogP contribution in [-0.2, 0) is 7.05 Å². The van der Waals surface area contributed by atoms with Gasteiger partial charge in [-0.1, -0.05) is 0 Å². The fourth-order valence-corrected chi connectivity index (χ4v) is 1.06. The van der Waals surface area contributed by atoms with Crippen molar-refractivity contribution >= 4 is 5.82 Å². The van der Waals surface area contributed by atoms with Crippen molar-refractivity contribution < 1.29 is 4.39 Å². The minimum Gasteiger partial charge on any atom is -0.380 e. The van der Waals surface area contributed by atoms with Gasteiger partial charge in [0.05, 0.1) is 0 Å². The van der Waals surface area contributed by atoms with Gasteiger partial charge >= 0.3 is 0 Å². The fourth-order valence-electron chi connectivity index (χ4n) is 1.06. The number of anilines is 1. The number of aryl methyl sites for hydroxylation is 1. The van der Waals surface area contributed by atoms with Crippen LogP contribution in [0.25, 0.3) is 11.4 Å². The molecule has 13 heavy (non-hydrogen) atoms. The Hall–Kier alpha value is -1.85. The number of nitrogen functional groups attached to an aromatic ring is 1. The Bertz CT molecular complexity index is 430. The first-order chi connectivity index (χ1) is 6.18. The lowest BCUT2D eigenvalue weighted by Crippen LogP contribution is -1.90. The zero-order valence-corrected chi connectivity index (χ0v) is 6.95. The van der Waals surface area contributed by atoms with E-state index in [9.17, 15) is 4.39 Å². The van der Waals surface area contributed by atoms with Crippen molar-refractivity contribution in [2.75, 3.05) is 5.73 Å². The molecule has 3 N–H and O–H groups in total. The van der Waals surface area contributed by atoms with E-state index in [-0.39, 0.29) is 11.5 Å². The monoisotopic (exact) mass is 181 g/mol. The topological polar surface area (TPSA) is 72.5 Å². The largest absolute Gasteiger partial charge is 0.380 e. The number of nitrogens with two attached hydrogens (primary N) is 1. The van der Waals surface area contributed by atoms with Crippen molar-refractivity contribution in [3.05, 3.63) is 18.1 Å². The van der Waals surface area contributed by atoms with Crippen LogP contribution in [0.5, 0.6) is 0 Å². The van der Waals surface area contributed by atoms with Gasteiger partial charge in [-0.05, 0) is 6.07 Å². The van der Waals surface area contributed by atoms with Crippen LogP contribution in [-0.4, -0.2) is 20.0 Å². The lowest BCUT2D eigenvalue weighted by atomic mass is 10.3.